The topological polar surface area (TPSA) is 39.6 Å². The van der Waals surface area contributed by atoms with E-state index in [0.29, 0.717) is 6.04 Å². The Kier molecular flexibility index (Phi) is 5.31. The van der Waals surface area contributed by atoms with Crippen LogP contribution in [0.5, 0.6) is 0 Å². The standard InChI is InChI=1S/C15H25N3O/c1-3-15-12-17(7-8-18(15)10-13(2)19)11-14-5-4-6-16-9-14/h4-6,9,13,15,19H,3,7-8,10-12H2,1-2H3/t13-,15+/m1/s1. The summed E-state index contributed by atoms with van der Waals surface area (Å²) in [5.41, 5.74) is 1.28. The number of hydrogen-bond donors (Lipinski definition) is 1. The fourth-order valence-corrected chi connectivity index (χ4v) is 2.82. The van der Waals surface area contributed by atoms with Gasteiger partial charge in [0.05, 0.1) is 6.10 Å². The van der Waals surface area contributed by atoms with Crippen molar-refractivity contribution < 1.29 is 5.11 Å². The third-order valence-corrected chi connectivity index (χ3v) is 3.79. The summed E-state index contributed by atoms with van der Waals surface area (Å²) in [7, 11) is 0. The number of pyridine rings is 1. The van der Waals surface area contributed by atoms with Crippen molar-refractivity contribution in [3.05, 3.63) is 30.1 Å². The van der Waals surface area contributed by atoms with Crippen molar-refractivity contribution in [1.29, 1.82) is 0 Å². The van der Waals surface area contributed by atoms with Crippen LogP contribution in [-0.4, -0.2) is 58.2 Å². The van der Waals surface area contributed by atoms with Gasteiger partial charge in [-0.25, -0.2) is 0 Å². The SMILES string of the molecule is CC[C@H]1CN(Cc2cccnc2)CCN1C[C@@H](C)O. The molecule has 1 N–H and O–H groups in total. The van der Waals surface area contributed by atoms with Crippen LogP contribution in [0.25, 0.3) is 0 Å². The first-order chi connectivity index (χ1) is 9.19. The van der Waals surface area contributed by atoms with Crippen LogP contribution >= 0.6 is 0 Å². The van der Waals surface area contributed by atoms with Gasteiger partial charge in [-0.05, 0) is 25.0 Å². The maximum Gasteiger partial charge on any atom is 0.0639 e. The first-order valence-corrected chi connectivity index (χ1v) is 7.22. The average Bonchev–Trinajstić information content (AvgIpc) is 2.41. The molecule has 0 saturated carbocycles. The van der Waals surface area contributed by atoms with Crippen LogP contribution in [0.3, 0.4) is 0 Å². The highest BCUT2D eigenvalue weighted by atomic mass is 16.3. The predicted molar refractivity (Wildman–Crippen MR) is 76.8 cm³/mol. The Labute approximate surface area is 116 Å². The van der Waals surface area contributed by atoms with E-state index in [0.717, 1.165) is 39.1 Å². The number of aliphatic hydroxyl groups is 1. The highest BCUT2D eigenvalue weighted by Crippen LogP contribution is 2.15. The Balaban J connectivity index is 1.89. The molecule has 2 heterocycles. The number of nitrogens with zero attached hydrogens (tertiary/aromatic N) is 3. The normalized spacial score (nSPS) is 23.4. The van der Waals surface area contributed by atoms with Gasteiger partial charge < -0.3 is 5.11 Å². The van der Waals surface area contributed by atoms with Crippen LogP contribution in [0.15, 0.2) is 24.5 Å². The van der Waals surface area contributed by atoms with Crippen LogP contribution in [-0.2, 0) is 6.54 Å². The quantitative estimate of drug-likeness (QED) is 0.871. The first kappa shape index (κ1) is 14.4. The number of rotatable bonds is 5. The van der Waals surface area contributed by atoms with Crippen LogP contribution in [0, 0.1) is 0 Å². The summed E-state index contributed by atoms with van der Waals surface area (Å²) in [6.07, 6.45) is 4.66. The summed E-state index contributed by atoms with van der Waals surface area (Å²) in [4.78, 5) is 9.08. The molecule has 4 heteroatoms. The minimum Gasteiger partial charge on any atom is -0.392 e. The first-order valence-electron chi connectivity index (χ1n) is 7.22. The van der Waals surface area contributed by atoms with Gasteiger partial charge in [0.15, 0.2) is 0 Å². The Bertz CT molecular complexity index is 369. The van der Waals surface area contributed by atoms with Gasteiger partial charge in [-0.15, -0.1) is 0 Å². The molecule has 0 spiro atoms. The lowest BCUT2D eigenvalue weighted by Crippen LogP contribution is -2.54. The molecule has 0 radical (unpaired) electrons. The monoisotopic (exact) mass is 263 g/mol. The molecule has 0 amide bonds. The van der Waals surface area contributed by atoms with Gasteiger partial charge in [-0.3, -0.25) is 14.8 Å². The molecular formula is C15H25N3O. The van der Waals surface area contributed by atoms with Crippen LogP contribution in [0.4, 0.5) is 0 Å². The molecule has 4 nitrogen and oxygen atoms in total. The molecular weight excluding hydrogens is 238 g/mol. The summed E-state index contributed by atoms with van der Waals surface area (Å²) in [5, 5.41) is 9.56. The van der Waals surface area contributed by atoms with Crippen molar-refractivity contribution in [1.82, 2.24) is 14.8 Å². The highest BCUT2D eigenvalue weighted by molar-refractivity contribution is 5.08. The van der Waals surface area contributed by atoms with E-state index in [1.165, 1.54) is 5.56 Å². The molecule has 1 aromatic heterocycles. The number of hydrogen-bond acceptors (Lipinski definition) is 4. The summed E-state index contributed by atoms with van der Waals surface area (Å²) >= 11 is 0. The van der Waals surface area contributed by atoms with E-state index in [-0.39, 0.29) is 6.10 Å². The lowest BCUT2D eigenvalue weighted by molar-refractivity contribution is 0.0337. The second-order valence-electron chi connectivity index (χ2n) is 5.50. The molecule has 1 aromatic rings. The zero-order chi connectivity index (χ0) is 13.7. The minimum atomic E-state index is -0.237. The van der Waals surface area contributed by atoms with E-state index in [1.807, 2.05) is 25.4 Å². The third kappa shape index (κ3) is 4.27. The van der Waals surface area contributed by atoms with Crippen LogP contribution in [0.2, 0.25) is 0 Å². The molecule has 19 heavy (non-hydrogen) atoms. The molecule has 2 atom stereocenters. The summed E-state index contributed by atoms with van der Waals surface area (Å²) in [6, 6.07) is 4.69. The van der Waals surface area contributed by atoms with Crippen LogP contribution < -0.4 is 0 Å². The van der Waals surface area contributed by atoms with E-state index >= 15 is 0 Å². The summed E-state index contributed by atoms with van der Waals surface area (Å²) in [5.74, 6) is 0. The van der Waals surface area contributed by atoms with Crippen molar-refractivity contribution in [2.45, 2.75) is 39.0 Å². The minimum absolute atomic E-state index is 0.237. The summed E-state index contributed by atoms with van der Waals surface area (Å²) < 4.78 is 0. The summed E-state index contributed by atoms with van der Waals surface area (Å²) in [6.45, 7) is 9.06. The fraction of sp³-hybridized carbons (Fsp3) is 0.667. The second kappa shape index (κ2) is 6.98. The lowest BCUT2D eigenvalue weighted by atomic mass is 10.1. The van der Waals surface area contributed by atoms with E-state index in [4.69, 9.17) is 0 Å². The van der Waals surface area contributed by atoms with Gasteiger partial charge in [-0.2, -0.15) is 0 Å². The van der Waals surface area contributed by atoms with Crippen molar-refractivity contribution in [2.75, 3.05) is 26.2 Å². The highest BCUT2D eigenvalue weighted by Gasteiger charge is 2.26. The van der Waals surface area contributed by atoms with Crippen molar-refractivity contribution >= 4 is 0 Å². The molecule has 0 bridgehead atoms. The van der Waals surface area contributed by atoms with E-state index in [9.17, 15) is 5.11 Å². The molecule has 0 aromatic carbocycles. The second-order valence-corrected chi connectivity index (χ2v) is 5.50. The smallest absolute Gasteiger partial charge is 0.0639 e. The van der Waals surface area contributed by atoms with E-state index in [1.54, 1.807) is 0 Å². The fourth-order valence-electron chi connectivity index (χ4n) is 2.82. The molecule has 106 valence electrons. The third-order valence-electron chi connectivity index (χ3n) is 3.79. The number of piperazine rings is 1. The molecule has 2 rings (SSSR count). The maximum atomic E-state index is 9.56. The van der Waals surface area contributed by atoms with Gasteiger partial charge in [-0.1, -0.05) is 13.0 Å². The Hall–Kier alpha value is -0.970. The largest absolute Gasteiger partial charge is 0.392 e. The van der Waals surface area contributed by atoms with Crippen LogP contribution in [0.1, 0.15) is 25.8 Å². The van der Waals surface area contributed by atoms with Crippen molar-refractivity contribution in [3.63, 3.8) is 0 Å². The molecule has 0 aliphatic carbocycles. The zero-order valence-electron chi connectivity index (χ0n) is 12.0. The van der Waals surface area contributed by atoms with Gasteiger partial charge in [0.1, 0.15) is 0 Å². The van der Waals surface area contributed by atoms with E-state index < -0.39 is 0 Å². The predicted octanol–water partition coefficient (Wildman–Crippen LogP) is 1.36. The Morgan fingerprint density at radius 1 is 1.47 bits per heavy atom. The molecule has 1 aliphatic rings. The van der Waals surface area contributed by atoms with Gasteiger partial charge in [0.2, 0.25) is 0 Å². The van der Waals surface area contributed by atoms with Gasteiger partial charge in [0, 0.05) is 51.2 Å². The van der Waals surface area contributed by atoms with Gasteiger partial charge in [0.25, 0.3) is 0 Å². The van der Waals surface area contributed by atoms with Gasteiger partial charge >= 0.3 is 0 Å². The number of β-amino-alcohol motifs (C(OH)–C–C–N with tert-alkyl or cyclic N) is 1. The number of aliphatic hydroxyl groups excluding tert-OH is 1. The molecule has 0 unspecified atom stereocenters. The molecule has 1 aliphatic heterocycles. The molecule has 1 fully saturated rings. The lowest BCUT2D eigenvalue weighted by Gasteiger charge is -2.41. The van der Waals surface area contributed by atoms with E-state index in [2.05, 4.69) is 27.8 Å². The Morgan fingerprint density at radius 2 is 2.32 bits per heavy atom. The molecule has 1 saturated heterocycles. The van der Waals surface area contributed by atoms with Crippen molar-refractivity contribution in [2.24, 2.45) is 0 Å². The average molecular weight is 263 g/mol. The zero-order valence-corrected chi connectivity index (χ0v) is 12.0. The Morgan fingerprint density at radius 3 is 2.95 bits per heavy atom. The number of aromatic nitrogens is 1. The van der Waals surface area contributed by atoms with Crippen molar-refractivity contribution in [3.8, 4) is 0 Å². The maximum absolute atomic E-state index is 9.56.